The van der Waals surface area contributed by atoms with Crippen molar-refractivity contribution >= 4 is 6.03 Å². The molecular formula is C25H34N2O2. The van der Waals surface area contributed by atoms with E-state index in [2.05, 4.69) is 61.7 Å². The fourth-order valence-electron chi connectivity index (χ4n) is 4.08. The lowest BCUT2D eigenvalue weighted by Crippen LogP contribution is -2.38. The number of rotatable bonds is 8. The Morgan fingerprint density at radius 3 is 2.52 bits per heavy atom. The number of fused-ring (bicyclic) bond motifs is 1. The molecule has 156 valence electrons. The molecule has 2 aromatic carbocycles. The van der Waals surface area contributed by atoms with E-state index in [0.717, 1.165) is 36.1 Å². The van der Waals surface area contributed by atoms with Gasteiger partial charge in [0.15, 0.2) is 0 Å². The van der Waals surface area contributed by atoms with Gasteiger partial charge < -0.3 is 15.4 Å². The molecular weight excluding hydrogens is 360 g/mol. The van der Waals surface area contributed by atoms with Crippen molar-refractivity contribution in [3.8, 4) is 5.75 Å². The second kappa shape index (κ2) is 10.3. The highest BCUT2D eigenvalue weighted by molar-refractivity contribution is 5.74. The van der Waals surface area contributed by atoms with E-state index in [0.29, 0.717) is 13.2 Å². The molecule has 0 saturated carbocycles. The first-order chi connectivity index (χ1) is 14.1. The molecule has 0 aromatic heterocycles. The highest BCUT2D eigenvalue weighted by Gasteiger charge is 2.16. The molecule has 1 atom stereocenters. The number of ether oxygens (including phenoxy) is 1. The van der Waals surface area contributed by atoms with Gasteiger partial charge in [0.1, 0.15) is 5.75 Å². The third kappa shape index (κ3) is 5.75. The Balaban J connectivity index is 1.43. The van der Waals surface area contributed by atoms with Crippen molar-refractivity contribution in [3.05, 3.63) is 64.2 Å². The van der Waals surface area contributed by atoms with E-state index < -0.39 is 0 Å². The van der Waals surface area contributed by atoms with Crippen LogP contribution < -0.4 is 15.4 Å². The molecule has 4 nitrogen and oxygen atoms in total. The van der Waals surface area contributed by atoms with E-state index in [1.54, 1.807) is 0 Å². The largest absolute Gasteiger partial charge is 0.493 e. The Morgan fingerprint density at radius 2 is 1.79 bits per heavy atom. The summed E-state index contributed by atoms with van der Waals surface area (Å²) in [5.74, 6) is 0.954. The van der Waals surface area contributed by atoms with Gasteiger partial charge in [-0.25, -0.2) is 4.79 Å². The van der Waals surface area contributed by atoms with Crippen LogP contribution in [0.3, 0.4) is 0 Å². The summed E-state index contributed by atoms with van der Waals surface area (Å²) in [6, 6.07) is 12.8. The third-order valence-electron chi connectivity index (χ3n) is 5.75. The smallest absolute Gasteiger partial charge is 0.315 e. The molecule has 0 spiro atoms. The van der Waals surface area contributed by atoms with Crippen molar-refractivity contribution < 1.29 is 9.53 Å². The standard InChI is InChI=1S/C25H34N2O2/c1-4-23(22-14-13-20-11-5-6-12-21(20)17-22)27-25(28)26-15-8-16-29-24-18(2)9-7-10-19(24)3/h7,9-10,13-14,17,23H,4-6,8,11-12,15-16H2,1-3H3,(H2,26,27,28). The number of carbonyl (C=O) groups is 1. The summed E-state index contributed by atoms with van der Waals surface area (Å²) in [7, 11) is 0. The predicted octanol–water partition coefficient (Wildman–Crippen LogP) is 5.40. The normalized spacial score (nSPS) is 14.0. The second-order valence-electron chi connectivity index (χ2n) is 8.02. The summed E-state index contributed by atoms with van der Waals surface area (Å²) in [4.78, 5) is 12.4. The zero-order valence-corrected chi connectivity index (χ0v) is 18.0. The minimum atomic E-state index is -0.110. The van der Waals surface area contributed by atoms with Gasteiger partial charge in [0, 0.05) is 6.54 Å². The van der Waals surface area contributed by atoms with Crippen LogP contribution in [-0.4, -0.2) is 19.2 Å². The van der Waals surface area contributed by atoms with Crippen LogP contribution in [0.5, 0.6) is 5.75 Å². The first-order valence-electron chi connectivity index (χ1n) is 10.9. The van der Waals surface area contributed by atoms with Gasteiger partial charge in [-0.15, -0.1) is 0 Å². The van der Waals surface area contributed by atoms with Gasteiger partial charge in [-0.2, -0.15) is 0 Å². The number of benzene rings is 2. The Hall–Kier alpha value is -2.49. The number of hydrogen-bond acceptors (Lipinski definition) is 2. The quantitative estimate of drug-likeness (QED) is 0.589. The van der Waals surface area contributed by atoms with Crippen LogP contribution >= 0.6 is 0 Å². The van der Waals surface area contributed by atoms with Crippen LogP contribution in [0, 0.1) is 13.8 Å². The Kier molecular flexibility index (Phi) is 7.56. The van der Waals surface area contributed by atoms with Gasteiger partial charge in [-0.1, -0.05) is 43.3 Å². The molecule has 2 amide bonds. The lowest BCUT2D eigenvalue weighted by Gasteiger charge is -2.22. The van der Waals surface area contributed by atoms with Crippen LogP contribution in [-0.2, 0) is 12.8 Å². The van der Waals surface area contributed by atoms with E-state index in [9.17, 15) is 4.79 Å². The maximum Gasteiger partial charge on any atom is 0.315 e. The van der Waals surface area contributed by atoms with Crippen molar-refractivity contribution in [3.63, 3.8) is 0 Å². The minimum absolute atomic E-state index is 0.0492. The van der Waals surface area contributed by atoms with Crippen molar-refractivity contribution in [2.75, 3.05) is 13.2 Å². The molecule has 29 heavy (non-hydrogen) atoms. The van der Waals surface area contributed by atoms with Crippen LogP contribution in [0.25, 0.3) is 0 Å². The number of hydrogen-bond donors (Lipinski definition) is 2. The number of para-hydroxylation sites is 1. The molecule has 0 saturated heterocycles. The lowest BCUT2D eigenvalue weighted by atomic mass is 9.89. The Bertz CT molecular complexity index is 811. The summed E-state index contributed by atoms with van der Waals surface area (Å²) in [5, 5.41) is 6.09. The van der Waals surface area contributed by atoms with Gasteiger partial charge in [0.25, 0.3) is 0 Å². The third-order valence-corrected chi connectivity index (χ3v) is 5.75. The van der Waals surface area contributed by atoms with Gasteiger partial charge in [-0.05, 0) is 80.2 Å². The highest BCUT2D eigenvalue weighted by Crippen LogP contribution is 2.26. The number of urea groups is 1. The molecule has 0 aliphatic heterocycles. The zero-order valence-electron chi connectivity index (χ0n) is 18.0. The second-order valence-corrected chi connectivity index (χ2v) is 8.02. The lowest BCUT2D eigenvalue weighted by molar-refractivity contribution is 0.235. The highest BCUT2D eigenvalue weighted by atomic mass is 16.5. The van der Waals surface area contributed by atoms with E-state index in [1.807, 2.05) is 6.07 Å². The topological polar surface area (TPSA) is 50.4 Å². The molecule has 0 bridgehead atoms. The summed E-state index contributed by atoms with van der Waals surface area (Å²) in [6.07, 6.45) is 6.55. The van der Waals surface area contributed by atoms with Gasteiger partial charge in [0.05, 0.1) is 12.6 Å². The van der Waals surface area contributed by atoms with Crippen molar-refractivity contribution in [2.24, 2.45) is 0 Å². The van der Waals surface area contributed by atoms with E-state index in [1.165, 1.54) is 36.0 Å². The monoisotopic (exact) mass is 394 g/mol. The number of amides is 2. The Morgan fingerprint density at radius 1 is 1.07 bits per heavy atom. The predicted molar refractivity (Wildman–Crippen MR) is 119 cm³/mol. The zero-order chi connectivity index (χ0) is 20.6. The van der Waals surface area contributed by atoms with Gasteiger partial charge >= 0.3 is 6.03 Å². The van der Waals surface area contributed by atoms with Crippen LogP contribution in [0.1, 0.15) is 66.5 Å². The number of aryl methyl sites for hydroxylation is 4. The summed E-state index contributed by atoms with van der Waals surface area (Å²) in [5.41, 5.74) is 6.43. The average molecular weight is 395 g/mol. The van der Waals surface area contributed by atoms with E-state index in [-0.39, 0.29) is 12.1 Å². The molecule has 1 aliphatic rings. The molecule has 1 unspecified atom stereocenters. The molecule has 0 radical (unpaired) electrons. The van der Waals surface area contributed by atoms with Gasteiger partial charge in [-0.3, -0.25) is 0 Å². The number of nitrogens with one attached hydrogen (secondary N) is 2. The maximum atomic E-state index is 12.4. The average Bonchev–Trinajstić information content (AvgIpc) is 2.73. The molecule has 3 rings (SSSR count). The first-order valence-corrected chi connectivity index (χ1v) is 10.9. The van der Waals surface area contributed by atoms with Crippen LogP contribution in [0.2, 0.25) is 0 Å². The molecule has 2 aromatic rings. The molecule has 2 N–H and O–H groups in total. The van der Waals surface area contributed by atoms with Crippen LogP contribution in [0.15, 0.2) is 36.4 Å². The number of carbonyl (C=O) groups excluding carboxylic acids is 1. The fourth-order valence-corrected chi connectivity index (χ4v) is 4.08. The van der Waals surface area contributed by atoms with Crippen molar-refractivity contribution in [2.45, 2.75) is 65.3 Å². The summed E-state index contributed by atoms with van der Waals surface area (Å²) in [6.45, 7) is 7.41. The summed E-state index contributed by atoms with van der Waals surface area (Å²) >= 11 is 0. The summed E-state index contributed by atoms with van der Waals surface area (Å²) < 4.78 is 5.90. The van der Waals surface area contributed by atoms with E-state index in [4.69, 9.17) is 4.74 Å². The van der Waals surface area contributed by atoms with E-state index >= 15 is 0 Å². The Labute approximate surface area is 175 Å². The minimum Gasteiger partial charge on any atom is -0.493 e. The molecule has 4 heteroatoms. The SMILES string of the molecule is CCC(NC(=O)NCCCOc1c(C)cccc1C)c1ccc2c(c1)CCCC2. The van der Waals surface area contributed by atoms with Crippen LogP contribution in [0.4, 0.5) is 4.79 Å². The fraction of sp³-hybridized carbons (Fsp3) is 0.480. The molecule has 0 fully saturated rings. The first kappa shape index (κ1) is 21.2. The van der Waals surface area contributed by atoms with Gasteiger partial charge in [0.2, 0.25) is 0 Å². The molecule has 1 aliphatic carbocycles. The molecule has 0 heterocycles. The van der Waals surface area contributed by atoms with Crippen molar-refractivity contribution in [1.82, 2.24) is 10.6 Å². The maximum absolute atomic E-state index is 12.4. The van der Waals surface area contributed by atoms with Crippen molar-refractivity contribution in [1.29, 1.82) is 0 Å².